The maximum absolute atomic E-state index is 11.9. The molecule has 0 saturated heterocycles. The second kappa shape index (κ2) is 5.45. The Labute approximate surface area is 97.4 Å². The van der Waals surface area contributed by atoms with E-state index in [0.29, 0.717) is 12.2 Å². The van der Waals surface area contributed by atoms with Gasteiger partial charge in [-0.15, -0.1) is 11.3 Å². The Bertz CT molecular complexity index is 402. The highest BCUT2D eigenvalue weighted by Crippen LogP contribution is 2.10. The lowest BCUT2D eigenvalue weighted by Gasteiger charge is -2.18. The molecule has 1 aromatic heterocycles. The smallest absolute Gasteiger partial charge is 0.273 e. The highest BCUT2D eigenvalue weighted by atomic mass is 32.1. The quantitative estimate of drug-likeness (QED) is 0.351. The van der Waals surface area contributed by atoms with Crippen molar-refractivity contribution in [2.24, 2.45) is 10.9 Å². The van der Waals surface area contributed by atoms with E-state index < -0.39 is 0 Å². The fourth-order valence-corrected chi connectivity index (χ4v) is 1.76. The number of likely N-dealkylation sites (N-methyl/N-ethyl adjacent to an activating group) is 1. The molecule has 88 valence electrons. The summed E-state index contributed by atoms with van der Waals surface area (Å²) in [5.74, 6) is -0.208. The van der Waals surface area contributed by atoms with Crippen molar-refractivity contribution in [3.63, 3.8) is 0 Å². The molecule has 1 aromatic rings. The average Bonchev–Trinajstić information content (AvgIpc) is 2.71. The first-order valence-corrected chi connectivity index (χ1v) is 5.64. The van der Waals surface area contributed by atoms with Crippen molar-refractivity contribution in [1.82, 2.24) is 9.88 Å². The molecule has 0 saturated carbocycles. The van der Waals surface area contributed by atoms with Crippen molar-refractivity contribution < 1.29 is 10.0 Å². The van der Waals surface area contributed by atoms with E-state index in [1.165, 1.54) is 16.2 Å². The number of hydrogen-bond acceptors (Lipinski definition) is 5. The van der Waals surface area contributed by atoms with Crippen molar-refractivity contribution in [2.75, 3.05) is 13.1 Å². The molecule has 0 spiro atoms. The lowest BCUT2D eigenvalue weighted by Crippen LogP contribution is -2.38. The Kier molecular flexibility index (Phi) is 4.24. The van der Waals surface area contributed by atoms with Crippen LogP contribution in [-0.4, -0.2) is 39.9 Å². The highest BCUT2D eigenvalue weighted by Gasteiger charge is 2.17. The summed E-state index contributed by atoms with van der Waals surface area (Å²) in [6, 6.07) is 0. The standard InChI is InChI=1S/C9H14N4O2S/c1-3-13(4-8(10)12-15)9(14)7-5-16-6(2)11-7/h5,15H,3-4H2,1-2H3,(H2,10,12). The van der Waals surface area contributed by atoms with Crippen molar-refractivity contribution in [3.05, 3.63) is 16.1 Å². The monoisotopic (exact) mass is 242 g/mol. The summed E-state index contributed by atoms with van der Waals surface area (Å²) in [6.45, 7) is 4.23. The number of amides is 1. The van der Waals surface area contributed by atoms with Crippen LogP contribution in [0.15, 0.2) is 10.5 Å². The summed E-state index contributed by atoms with van der Waals surface area (Å²) in [6.07, 6.45) is 0. The summed E-state index contributed by atoms with van der Waals surface area (Å²) in [5, 5.41) is 13.8. The molecule has 1 rings (SSSR count). The molecule has 0 unspecified atom stereocenters. The van der Waals surface area contributed by atoms with Crippen LogP contribution in [0.3, 0.4) is 0 Å². The number of thiazole rings is 1. The lowest BCUT2D eigenvalue weighted by molar-refractivity contribution is 0.0781. The molecule has 6 nitrogen and oxygen atoms in total. The lowest BCUT2D eigenvalue weighted by atomic mass is 10.3. The molecule has 0 radical (unpaired) electrons. The number of aromatic nitrogens is 1. The predicted molar refractivity (Wildman–Crippen MR) is 61.8 cm³/mol. The van der Waals surface area contributed by atoms with Crippen LogP contribution in [0.1, 0.15) is 22.4 Å². The number of carbonyl (C=O) groups is 1. The number of carbonyl (C=O) groups excluding carboxylic acids is 1. The van der Waals surface area contributed by atoms with Gasteiger partial charge in [0.1, 0.15) is 5.69 Å². The van der Waals surface area contributed by atoms with Crippen LogP contribution < -0.4 is 5.73 Å². The Morgan fingerprint density at radius 1 is 1.75 bits per heavy atom. The van der Waals surface area contributed by atoms with Gasteiger partial charge in [0.15, 0.2) is 5.84 Å². The molecule has 0 fully saturated rings. The molecule has 1 heterocycles. The third-order valence-electron chi connectivity index (χ3n) is 1.99. The maximum Gasteiger partial charge on any atom is 0.273 e. The third-order valence-corrected chi connectivity index (χ3v) is 2.76. The van der Waals surface area contributed by atoms with Gasteiger partial charge in [-0.3, -0.25) is 4.79 Å². The number of hydrogen-bond donors (Lipinski definition) is 2. The fourth-order valence-electron chi connectivity index (χ4n) is 1.18. The first-order valence-electron chi connectivity index (χ1n) is 4.76. The maximum atomic E-state index is 11.9. The minimum atomic E-state index is -0.210. The molecule has 0 bridgehead atoms. The van der Waals surface area contributed by atoms with Gasteiger partial charge in [0.2, 0.25) is 0 Å². The number of amidine groups is 1. The van der Waals surface area contributed by atoms with Crippen LogP contribution in [0, 0.1) is 6.92 Å². The average molecular weight is 242 g/mol. The van der Waals surface area contributed by atoms with Gasteiger partial charge in [0.05, 0.1) is 11.6 Å². The second-order valence-corrected chi connectivity index (χ2v) is 4.22. The molecular weight excluding hydrogens is 228 g/mol. The van der Waals surface area contributed by atoms with Crippen LogP contribution >= 0.6 is 11.3 Å². The molecule has 3 N–H and O–H groups in total. The Morgan fingerprint density at radius 2 is 2.44 bits per heavy atom. The number of nitrogens with zero attached hydrogens (tertiary/aromatic N) is 3. The van der Waals surface area contributed by atoms with Crippen LogP contribution in [-0.2, 0) is 0 Å². The predicted octanol–water partition coefficient (Wildman–Crippen LogP) is 0.660. The first kappa shape index (κ1) is 12.4. The summed E-state index contributed by atoms with van der Waals surface area (Å²) >= 11 is 1.42. The molecule has 7 heteroatoms. The summed E-state index contributed by atoms with van der Waals surface area (Å²) in [7, 11) is 0. The van der Waals surface area contributed by atoms with Gasteiger partial charge in [0, 0.05) is 11.9 Å². The van der Waals surface area contributed by atoms with E-state index in [2.05, 4.69) is 10.1 Å². The van der Waals surface area contributed by atoms with E-state index in [-0.39, 0.29) is 18.3 Å². The number of nitrogens with two attached hydrogens (primary N) is 1. The van der Waals surface area contributed by atoms with Crippen molar-refractivity contribution >= 4 is 23.1 Å². The number of rotatable bonds is 4. The normalized spacial score (nSPS) is 11.5. The third kappa shape index (κ3) is 2.93. The van der Waals surface area contributed by atoms with Crippen LogP contribution in [0.25, 0.3) is 0 Å². The van der Waals surface area contributed by atoms with Crippen LogP contribution in [0.2, 0.25) is 0 Å². The Morgan fingerprint density at radius 3 is 2.88 bits per heavy atom. The van der Waals surface area contributed by atoms with Gasteiger partial charge in [-0.25, -0.2) is 4.98 Å². The Balaban J connectivity index is 2.77. The highest BCUT2D eigenvalue weighted by molar-refractivity contribution is 7.09. The van der Waals surface area contributed by atoms with Crippen molar-refractivity contribution in [3.8, 4) is 0 Å². The molecule has 0 aliphatic carbocycles. The van der Waals surface area contributed by atoms with Crippen molar-refractivity contribution in [2.45, 2.75) is 13.8 Å². The van der Waals surface area contributed by atoms with E-state index in [1.807, 2.05) is 13.8 Å². The molecule has 0 atom stereocenters. The van der Waals surface area contributed by atoms with Crippen LogP contribution in [0.5, 0.6) is 0 Å². The van der Waals surface area contributed by atoms with Gasteiger partial charge >= 0.3 is 0 Å². The van der Waals surface area contributed by atoms with E-state index >= 15 is 0 Å². The minimum absolute atomic E-state index is 0.00199. The number of oxime groups is 1. The van der Waals surface area contributed by atoms with E-state index in [1.54, 1.807) is 5.38 Å². The largest absolute Gasteiger partial charge is 0.409 e. The molecule has 16 heavy (non-hydrogen) atoms. The van der Waals surface area contributed by atoms with E-state index in [4.69, 9.17) is 10.9 Å². The summed E-state index contributed by atoms with van der Waals surface area (Å²) < 4.78 is 0. The van der Waals surface area contributed by atoms with E-state index in [0.717, 1.165) is 5.01 Å². The SMILES string of the molecule is CCN(CC(N)=NO)C(=O)c1csc(C)n1. The zero-order valence-electron chi connectivity index (χ0n) is 9.17. The molecule has 0 aliphatic rings. The summed E-state index contributed by atoms with van der Waals surface area (Å²) in [4.78, 5) is 17.5. The molecule has 0 aromatic carbocycles. The van der Waals surface area contributed by atoms with Gasteiger partial charge in [-0.1, -0.05) is 5.16 Å². The van der Waals surface area contributed by atoms with Crippen LogP contribution in [0.4, 0.5) is 0 Å². The first-order chi connectivity index (χ1) is 7.58. The fraction of sp³-hybridized carbons (Fsp3) is 0.444. The molecule has 1 amide bonds. The molecular formula is C9H14N4O2S. The Hall–Kier alpha value is -1.63. The van der Waals surface area contributed by atoms with E-state index in [9.17, 15) is 4.79 Å². The van der Waals surface area contributed by atoms with Crippen molar-refractivity contribution in [1.29, 1.82) is 0 Å². The van der Waals surface area contributed by atoms with Gasteiger partial charge < -0.3 is 15.8 Å². The summed E-state index contributed by atoms with van der Waals surface area (Å²) in [5.41, 5.74) is 5.76. The van der Waals surface area contributed by atoms with Gasteiger partial charge in [-0.2, -0.15) is 0 Å². The zero-order valence-corrected chi connectivity index (χ0v) is 9.99. The topological polar surface area (TPSA) is 91.8 Å². The molecule has 0 aliphatic heterocycles. The zero-order chi connectivity index (χ0) is 12.1. The van der Waals surface area contributed by atoms with Gasteiger partial charge in [-0.05, 0) is 13.8 Å². The minimum Gasteiger partial charge on any atom is -0.409 e. The second-order valence-electron chi connectivity index (χ2n) is 3.16. The number of aryl methyl sites for hydroxylation is 1. The van der Waals surface area contributed by atoms with Gasteiger partial charge in [0.25, 0.3) is 5.91 Å².